The van der Waals surface area contributed by atoms with Crippen LogP contribution in [0.3, 0.4) is 0 Å². The van der Waals surface area contributed by atoms with Crippen LogP contribution in [0.4, 0.5) is 8.78 Å². The highest BCUT2D eigenvalue weighted by molar-refractivity contribution is 5.92. The van der Waals surface area contributed by atoms with E-state index in [1.807, 2.05) is 18.2 Å². The van der Waals surface area contributed by atoms with E-state index in [1.165, 1.54) is 12.1 Å². The van der Waals surface area contributed by atoms with Crippen LogP contribution in [0, 0.1) is 5.92 Å². The Labute approximate surface area is 170 Å². The van der Waals surface area contributed by atoms with E-state index < -0.39 is 18.1 Å². The van der Waals surface area contributed by atoms with Crippen molar-refractivity contribution < 1.29 is 18.3 Å². The highest BCUT2D eigenvalue weighted by Gasteiger charge is 2.34. The van der Waals surface area contributed by atoms with Gasteiger partial charge in [-0.15, -0.1) is 0 Å². The van der Waals surface area contributed by atoms with Gasteiger partial charge in [0.2, 0.25) is 0 Å². The number of hydrogen-bond acceptors (Lipinski definition) is 4. The zero-order valence-corrected chi connectivity index (χ0v) is 15.8. The third kappa shape index (κ3) is 4.71. The summed E-state index contributed by atoms with van der Waals surface area (Å²) in [5.74, 6) is 0.137. The number of amides is 1. The fourth-order valence-corrected chi connectivity index (χ4v) is 3.28. The molecule has 3 aromatic rings. The number of carbonyl (C=O) groups is 1. The molecule has 1 amide bonds. The molecule has 2 N–H and O–H groups in total. The Kier molecular flexibility index (Phi) is 5.56. The number of ether oxygens (including phenoxy) is 1. The van der Waals surface area contributed by atoms with Gasteiger partial charge in [0.25, 0.3) is 11.5 Å². The molecule has 0 saturated heterocycles. The number of hydrogen-bond donors (Lipinski definition) is 2. The zero-order chi connectivity index (χ0) is 21.1. The largest absolute Gasteiger partial charge is 0.435 e. The van der Waals surface area contributed by atoms with E-state index in [-0.39, 0.29) is 23.4 Å². The van der Waals surface area contributed by atoms with E-state index in [9.17, 15) is 18.4 Å². The fraction of sp³-hybridized carbons (Fsp3) is 0.227. The molecule has 0 aliphatic heterocycles. The van der Waals surface area contributed by atoms with Crippen LogP contribution in [-0.4, -0.2) is 22.5 Å². The SMILES string of the molecule is O=C(NC(c1ccc(OC(F)F)cc1)C1CC1)c1cc(=O)[nH]c(-c2ccccc2)n1. The number of aromatic nitrogens is 2. The Bertz CT molecular complexity index is 1080. The minimum atomic E-state index is -2.89. The molecule has 0 spiro atoms. The van der Waals surface area contributed by atoms with Gasteiger partial charge < -0.3 is 15.0 Å². The van der Waals surface area contributed by atoms with Crippen LogP contribution in [-0.2, 0) is 0 Å². The molecule has 1 atom stereocenters. The lowest BCUT2D eigenvalue weighted by Crippen LogP contribution is -2.31. The summed E-state index contributed by atoms with van der Waals surface area (Å²) in [6.45, 7) is -2.89. The third-order valence-corrected chi connectivity index (χ3v) is 4.87. The van der Waals surface area contributed by atoms with Gasteiger partial charge in [-0.2, -0.15) is 8.78 Å². The monoisotopic (exact) mass is 411 g/mol. The van der Waals surface area contributed by atoms with Crippen molar-refractivity contribution >= 4 is 5.91 Å². The van der Waals surface area contributed by atoms with Crippen molar-refractivity contribution in [3.8, 4) is 17.1 Å². The molecule has 8 heteroatoms. The summed E-state index contributed by atoms with van der Waals surface area (Å²) in [5.41, 5.74) is 1.06. The molecule has 1 heterocycles. The van der Waals surface area contributed by atoms with Crippen LogP contribution >= 0.6 is 0 Å². The Morgan fingerprint density at radius 3 is 2.43 bits per heavy atom. The van der Waals surface area contributed by atoms with E-state index >= 15 is 0 Å². The number of nitrogens with zero attached hydrogens (tertiary/aromatic N) is 1. The number of rotatable bonds is 7. The first-order chi connectivity index (χ1) is 14.5. The van der Waals surface area contributed by atoms with Crippen LogP contribution in [0.25, 0.3) is 11.4 Å². The molecule has 1 fully saturated rings. The quantitative estimate of drug-likeness (QED) is 0.617. The highest BCUT2D eigenvalue weighted by Crippen LogP contribution is 2.41. The first-order valence-electron chi connectivity index (χ1n) is 9.52. The second-order valence-electron chi connectivity index (χ2n) is 7.08. The fourth-order valence-electron chi connectivity index (χ4n) is 3.28. The van der Waals surface area contributed by atoms with Gasteiger partial charge in [-0.1, -0.05) is 42.5 Å². The maximum Gasteiger partial charge on any atom is 0.387 e. The average Bonchev–Trinajstić information content (AvgIpc) is 3.57. The lowest BCUT2D eigenvalue weighted by Gasteiger charge is -2.19. The van der Waals surface area contributed by atoms with E-state index in [0.717, 1.165) is 24.5 Å². The van der Waals surface area contributed by atoms with Gasteiger partial charge in [-0.05, 0) is 36.5 Å². The summed E-state index contributed by atoms with van der Waals surface area (Å²) < 4.78 is 29.1. The van der Waals surface area contributed by atoms with E-state index in [1.54, 1.807) is 24.3 Å². The molecule has 30 heavy (non-hydrogen) atoms. The summed E-state index contributed by atoms with van der Waals surface area (Å²) in [6.07, 6.45) is 1.89. The molecular weight excluding hydrogens is 392 g/mol. The topological polar surface area (TPSA) is 84.1 Å². The standard InChI is InChI=1S/C22H19F2N3O3/c23-22(24)30-16-10-8-14(9-11-16)19(13-6-7-13)27-21(29)17-12-18(28)26-20(25-17)15-4-2-1-3-5-15/h1-5,8-13,19,22H,6-7H2,(H,27,29)(H,25,26,28). The third-order valence-electron chi connectivity index (χ3n) is 4.87. The Hall–Kier alpha value is -3.55. The Morgan fingerprint density at radius 2 is 1.80 bits per heavy atom. The lowest BCUT2D eigenvalue weighted by atomic mass is 10.0. The van der Waals surface area contributed by atoms with Crippen LogP contribution in [0.15, 0.2) is 65.5 Å². The summed E-state index contributed by atoms with van der Waals surface area (Å²) >= 11 is 0. The minimum Gasteiger partial charge on any atom is -0.435 e. The molecule has 1 aromatic heterocycles. The van der Waals surface area contributed by atoms with E-state index in [2.05, 4.69) is 20.0 Å². The summed E-state index contributed by atoms with van der Waals surface area (Å²) in [5, 5.41) is 2.93. The predicted molar refractivity (Wildman–Crippen MR) is 106 cm³/mol. The van der Waals surface area contributed by atoms with Crippen LogP contribution < -0.4 is 15.6 Å². The second-order valence-corrected chi connectivity index (χ2v) is 7.08. The van der Waals surface area contributed by atoms with Crippen LogP contribution in [0.1, 0.15) is 34.9 Å². The van der Waals surface area contributed by atoms with Gasteiger partial charge in [-0.3, -0.25) is 9.59 Å². The number of aromatic amines is 1. The molecule has 0 radical (unpaired) electrons. The molecule has 1 unspecified atom stereocenters. The van der Waals surface area contributed by atoms with E-state index in [0.29, 0.717) is 11.4 Å². The summed E-state index contributed by atoms with van der Waals surface area (Å²) in [7, 11) is 0. The molecule has 154 valence electrons. The maximum atomic E-state index is 12.9. The first-order valence-corrected chi connectivity index (χ1v) is 9.52. The van der Waals surface area contributed by atoms with Crippen molar-refractivity contribution in [2.45, 2.75) is 25.5 Å². The van der Waals surface area contributed by atoms with Crippen LogP contribution in [0.2, 0.25) is 0 Å². The number of benzene rings is 2. The van der Waals surface area contributed by atoms with Gasteiger partial charge in [-0.25, -0.2) is 4.98 Å². The van der Waals surface area contributed by atoms with Crippen molar-refractivity contribution in [3.05, 3.63) is 82.3 Å². The summed E-state index contributed by atoms with van der Waals surface area (Å²) in [6, 6.07) is 16.1. The smallest absolute Gasteiger partial charge is 0.387 e. The maximum absolute atomic E-state index is 12.9. The van der Waals surface area contributed by atoms with Crippen molar-refractivity contribution in [2.75, 3.05) is 0 Å². The minimum absolute atomic E-state index is 0.0147. The Balaban J connectivity index is 1.56. The van der Waals surface area contributed by atoms with E-state index in [4.69, 9.17) is 0 Å². The first kappa shape index (κ1) is 19.8. The molecule has 0 bridgehead atoms. The zero-order valence-electron chi connectivity index (χ0n) is 15.8. The number of nitrogens with one attached hydrogen (secondary N) is 2. The van der Waals surface area contributed by atoms with Gasteiger partial charge in [0.1, 0.15) is 17.3 Å². The summed E-state index contributed by atoms with van der Waals surface area (Å²) in [4.78, 5) is 31.9. The molecule has 4 rings (SSSR count). The molecule has 1 saturated carbocycles. The number of halogens is 2. The predicted octanol–water partition coefficient (Wildman–Crippen LogP) is 3.92. The second kappa shape index (κ2) is 8.44. The van der Waals surface area contributed by atoms with Crippen LogP contribution in [0.5, 0.6) is 5.75 Å². The van der Waals surface area contributed by atoms with Gasteiger partial charge >= 0.3 is 6.61 Å². The van der Waals surface area contributed by atoms with Crippen molar-refractivity contribution in [1.29, 1.82) is 0 Å². The normalized spacial score (nSPS) is 14.4. The number of H-pyrrole nitrogens is 1. The molecule has 6 nitrogen and oxygen atoms in total. The lowest BCUT2D eigenvalue weighted by molar-refractivity contribution is -0.0498. The average molecular weight is 411 g/mol. The van der Waals surface area contributed by atoms with Gasteiger partial charge in [0.15, 0.2) is 0 Å². The van der Waals surface area contributed by atoms with Crippen molar-refractivity contribution in [2.24, 2.45) is 5.92 Å². The van der Waals surface area contributed by atoms with Gasteiger partial charge in [0.05, 0.1) is 6.04 Å². The Morgan fingerprint density at radius 1 is 1.10 bits per heavy atom. The highest BCUT2D eigenvalue weighted by atomic mass is 19.3. The van der Waals surface area contributed by atoms with Crippen molar-refractivity contribution in [1.82, 2.24) is 15.3 Å². The molecular formula is C22H19F2N3O3. The molecule has 1 aliphatic rings. The molecule has 2 aromatic carbocycles. The van der Waals surface area contributed by atoms with Gasteiger partial charge in [0, 0.05) is 11.6 Å². The molecule has 1 aliphatic carbocycles. The number of alkyl halides is 2. The number of carbonyl (C=O) groups excluding carboxylic acids is 1. The van der Waals surface area contributed by atoms with Crippen molar-refractivity contribution in [3.63, 3.8) is 0 Å².